The van der Waals surface area contributed by atoms with Crippen molar-refractivity contribution in [1.82, 2.24) is 4.90 Å². The summed E-state index contributed by atoms with van der Waals surface area (Å²) in [6, 6.07) is 12.1. The molecule has 2 aromatic rings. The van der Waals surface area contributed by atoms with Gasteiger partial charge in [-0.3, -0.25) is 19.3 Å². The standard InChI is InChI=1S/C18H15NO3/c1-11-7-8-13(12(2)9-11)16(20)10-19-17(21)14-5-3-4-6-15(14)18(19)22/h3-9H,10H2,1-2H3. The summed E-state index contributed by atoms with van der Waals surface area (Å²) >= 11 is 0. The number of aryl methyl sites for hydroxylation is 2. The van der Waals surface area contributed by atoms with Crippen molar-refractivity contribution >= 4 is 17.6 Å². The number of imide groups is 1. The zero-order valence-corrected chi connectivity index (χ0v) is 12.4. The maximum atomic E-state index is 12.4. The number of benzene rings is 2. The molecule has 1 aliphatic rings. The lowest BCUT2D eigenvalue weighted by molar-refractivity contribution is 0.0624. The molecule has 0 atom stereocenters. The third kappa shape index (κ3) is 2.22. The molecule has 22 heavy (non-hydrogen) atoms. The van der Waals surface area contributed by atoms with E-state index in [0.717, 1.165) is 16.0 Å². The van der Waals surface area contributed by atoms with E-state index >= 15 is 0 Å². The zero-order chi connectivity index (χ0) is 15.9. The van der Waals surface area contributed by atoms with Crippen LogP contribution in [0.3, 0.4) is 0 Å². The Labute approximate surface area is 128 Å². The third-order valence-electron chi connectivity index (χ3n) is 3.86. The van der Waals surface area contributed by atoms with Gasteiger partial charge in [-0.1, -0.05) is 35.9 Å². The molecule has 1 aliphatic heterocycles. The van der Waals surface area contributed by atoms with Crippen LogP contribution in [0.5, 0.6) is 0 Å². The van der Waals surface area contributed by atoms with Gasteiger partial charge in [0, 0.05) is 5.56 Å². The molecule has 0 fully saturated rings. The van der Waals surface area contributed by atoms with Crippen LogP contribution >= 0.6 is 0 Å². The first-order valence-corrected chi connectivity index (χ1v) is 7.04. The topological polar surface area (TPSA) is 54.5 Å². The molecule has 2 aromatic carbocycles. The van der Waals surface area contributed by atoms with Crippen LogP contribution in [0.25, 0.3) is 0 Å². The summed E-state index contributed by atoms with van der Waals surface area (Å²) in [6.45, 7) is 3.57. The Morgan fingerprint density at radius 2 is 1.55 bits per heavy atom. The molecule has 4 heteroatoms. The van der Waals surface area contributed by atoms with Crippen molar-refractivity contribution in [3.8, 4) is 0 Å². The fraction of sp³-hybridized carbons (Fsp3) is 0.167. The summed E-state index contributed by atoms with van der Waals surface area (Å²) in [7, 11) is 0. The van der Waals surface area contributed by atoms with Gasteiger partial charge in [0.1, 0.15) is 0 Å². The fourth-order valence-electron chi connectivity index (χ4n) is 2.74. The highest BCUT2D eigenvalue weighted by atomic mass is 16.2. The number of nitrogens with zero attached hydrogens (tertiary/aromatic N) is 1. The van der Waals surface area contributed by atoms with Crippen molar-refractivity contribution in [2.75, 3.05) is 6.54 Å². The molecule has 0 aliphatic carbocycles. The van der Waals surface area contributed by atoms with Gasteiger partial charge in [0.05, 0.1) is 17.7 Å². The van der Waals surface area contributed by atoms with E-state index < -0.39 is 11.8 Å². The maximum absolute atomic E-state index is 12.4. The molecule has 0 saturated heterocycles. The van der Waals surface area contributed by atoms with Crippen LogP contribution < -0.4 is 0 Å². The summed E-state index contributed by atoms with van der Waals surface area (Å²) in [4.78, 5) is 38.0. The molecular weight excluding hydrogens is 278 g/mol. The first kappa shape index (κ1) is 14.2. The summed E-state index contributed by atoms with van der Waals surface area (Å²) in [5, 5.41) is 0. The summed E-state index contributed by atoms with van der Waals surface area (Å²) < 4.78 is 0. The lowest BCUT2D eigenvalue weighted by Gasteiger charge is -2.14. The monoisotopic (exact) mass is 293 g/mol. The SMILES string of the molecule is Cc1ccc(C(=O)CN2C(=O)c3ccccc3C2=O)c(C)c1. The van der Waals surface area contributed by atoms with Crippen molar-refractivity contribution in [3.63, 3.8) is 0 Å². The molecule has 0 unspecified atom stereocenters. The normalized spacial score (nSPS) is 13.5. The van der Waals surface area contributed by atoms with Gasteiger partial charge in [-0.15, -0.1) is 0 Å². The molecule has 0 bridgehead atoms. The first-order chi connectivity index (χ1) is 10.5. The minimum Gasteiger partial charge on any atom is -0.292 e. The van der Waals surface area contributed by atoms with Crippen LogP contribution in [0.4, 0.5) is 0 Å². The van der Waals surface area contributed by atoms with Crippen molar-refractivity contribution in [1.29, 1.82) is 0 Å². The van der Waals surface area contributed by atoms with Crippen molar-refractivity contribution in [2.24, 2.45) is 0 Å². The van der Waals surface area contributed by atoms with Crippen LogP contribution in [0.2, 0.25) is 0 Å². The van der Waals surface area contributed by atoms with Crippen LogP contribution in [-0.2, 0) is 0 Å². The maximum Gasteiger partial charge on any atom is 0.261 e. The van der Waals surface area contributed by atoms with Gasteiger partial charge < -0.3 is 0 Å². The average Bonchev–Trinajstić information content (AvgIpc) is 2.73. The van der Waals surface area contributed by atoms with E-state index in [0.29, 0.717) is 16.7 Å². The largest absolute Gasteiger partial charge is 0.292 e. The second-order valence-electron chi connectivity index (χ2n) is 5.48. The fourth-order valence-corrected chi connectivity index (χ4v) is 2.74. The third-order valence-corrected chi connectivity index (χ3v) is 3.86. The molecule has 0 saturated carbocycles. The number of rotatable bonds is 3. The highest BCUT2D eigenvalue weighted by Crippen LogP contribution is 2.23. The van der Waals surface area contributed by atoms with E-state index in [-0.39, 0.29) is 12.3 Å². The van der Waals surface area contributed by atoms with Crippen LogP contribution in [0.1, 0.15) is 42.2 Å². The first-order valence-electron chi connectivity index (χ1n) is 7.04. The van der Waals surface area contributed by atoms with Crippen molar-refractivity contribution in [2.45, 2.75) is 13.8 Å². The molecule has 0 spiro atoms. The van der Waals surface area contributed by atoms with Crippen molar-refractivity contribution < 1.29 is 14.4 Å². The number of fused-ring (bicyclic) bond motifs is 1. The van der Waals surface area contributed by atoms with E-state index in [4.69, 9.17) is 0 Å². The molecule has 0 N–H and O–H groups in total. The van der Waals surface area contributed by atoms with Crippen LogP contribution in [0, 0.1) is 13.8 Å². The van der Waals surface area contributed by atoms with Gasteiger partial charge in [0.25, 0.3) is 11.8 Å². The van der Waals surface area contributed by atoms with E-state index in [9.17, 15) is 14.4 Å². The Morgan fingerprint density at radius 1 is 0.955 bits per heavy atom. The summed E-state index contributed by atoms with van der Waals surface area (Å²) in [5.41, 5.74) is 3.18. The van der Waals surface area contributed by atoms with Gasteiger partial charge >= 0.3 is 0 Å². The Balaban J connectivity index is 1.87. The highest BCUT2D eigenvalue weighted by Gasteiger charge is 2.36. The predicted molar refractivity (Wildman–Crippen MR) is 82.1 cm³/mol. The quantitative estimate of drug-likeness (QED) is 0.646. The summed E-state index contributed by atoms with van der Waals surface area (Å²) in [5.74, 6) is -1.04. The minimum absolute atomic E-state index is 0.226. The molecule has 0 aromatic heterocycles. The predicted octanol–water partition coefficient (Wildman–Crippen LogP) is 2.78. The van der Waals surface area contributed by atoms with Gasteiger partial charge in [-0.25, -0.2) is 0 Å². The Morgan fingerprint density at radius 3 is 2.09 bits per heavy atom. The van der Waals surface area contributed by atoms with Gasteiger partial charge in [-0.05, 0) is 31.5 Å². The van der Waals surface area contributed by atoms with Gasteiger partial charge in [0.2, 0.25) is 0 Å². The number of carbonyl (C=O) groups excluding carboxylic acids is 3. The molecular formula is C18H15NO3. The van der Waals surface area contributed by atoms with Crippen molar-refractivity contribution in [3.05, 3.63) is 70.3 Å². The molecule has 1 heterocycles. The lowest BCUT2D eigenvalue weighted by Crippen LogP contribution is -2.35. The second kappa shape index (κ2) is 5.22. The van der Waals surface area contributed by atoms with E-state index in [2.05, 4.69) is 0 Å². The Hall–Kier alpha value is -2.75. The molecule has 0 radical (unpaired) electrons. The molecule has 2 amide bonds. The lowest BCUT2D eigenvalue weighted by atomic mass is 10.0. The summed E-state index contributed by atoms with van der Waals surface area (Å²) in [6.07, 6.45) is 0. The molecule has 4 nitrogen and oxygen atoms in total. The van der Waals surface area contributed by atoms with Crippen LogP contribution in [0.15, 0.2) is 42.5 Å². The Kier molecular flexibility index (Phi) is 3.37. The number of hydrogen-bond donors (Lipinski definition) is 0. The molecule has 3 rings (SSSR count). The van der Waals surface area contributed by atoms with E-state index in [1.165, 1.54) is 0 Å². The number of carbonyl (C=O) groups is 3. The average molecular weight is 293 g/mol. The van der Waals surface area contributed by atoms with Gasteiger partial charge in [0.15, 0.2) is 5.78 Å². The van der Waals surface area contributed by atoms with Gasteiger partial charge in [-0.2, -0.15) is 0 Å². The number of ketones is 1. The van der Waals surface area contributed by atoms with E-state index in [1.54, 1.807) is 30.3 Å². The second-order valence-corrected chi connectivity index (χ2v) is 5.48. The zero-order valence-electron chi connectivity index (χ0n) is 12.4. The number of Topliss-reactive ketones (excluding diaryl/α,β-unsaturated/α-hetero) is 1. The highest BCUT2D eigenvalue weighted by molar-refractivity contribution is 6.23. The number of amides is 2. The number of hydrogen-bond acceptors (Lipinski definition) is 3. The van der Waals surface area contributed by atoms with E-state index in [1.807, 2.05) is 26.0 Å². The van der Waals surface area contributed by atoms with Crippen LogP contribution in [-0.4, -0.2) is 29.0 Å². The molecule has 110 valence electrons. The minimum atomic E-state index is -0.404. The Bertz CT molecular complexity index is 773. The smallest absolute Gasteiger partial charge is 0.261 e.